The summed E-state index contributed by atoms with van der Waals surface area (Å²) in [6.45, 7) is 4.62. The van der Waals surface area contributed by atoms with E-state index in [2.05, 4.69) is 20.3 Å². The van der Waals surface area contributed by atoms with Crippen LogP contribution in [0.25, 0.3) is 16.3 Å². The van der Waals surface area contributed by atoms with E-state index >= 15 is 0 Å². The van der Waals surface area contributed by atoms with Gasteiger partial charge in [-0.1, -0.05) is 35.2 Å². The van der Waals surface area contributed by atoms with Crippen molar-refractivity contribution in [2.45, 2.75) is 31.3 Å². The van der Waals surface area contributed by atoms with E-state index in [1.807, 2.05) is 42.7 Å². The van der Waals surface area contributed by atoms with Crippen LogP contribution in [0.5, 0.6) is 5.75 Å². The molecule has 28 heavy (non-hydrogen) atoms. The molecule has 0 aliphatic carbocycles. The minimum Gasteiger partial charge on any atom is -0.496 e. The standard InChI is InChI=1S/C18H18N6O2S2/c1-4-23-16(13-7-5-6-8-14(13)26-3)20-21-18(23)27-10-12-9-15(25)24-17(19-12)28-11(2)22-24/h5-9H,4,10H2,1-3H3. The second kappa shape index (κ2) is 7.72. The Hall–Kier alpha value is -2.72. The monoisotopic (exact) mass is 414 g/mol. The fraction of sp³-hybridized carbons (Fsp3) is 0.278. The number of rotatable bonds is 6. The van der Waals surface area contributed by atoms with Gasteiger partial charge in [0.1, 0.15) is 10.8 Å². The molecule has 4 aromatic rings. The molecule has 0 bridgehead atoms. The fourth-order valence-corrected chi connectivity index (χ4v) is 4.54. The summed E-state index contributed by atoms with van der Waals surface area (Å²) in [6.07, 6.45) is 0. The maximum atomic E-state index is 12.2. The van der Waals surface area contributed by atoms with Crippen LogP contribution >= 0.6 is 23.1 Å². The number of benzene rings is 1. The number of methoxy groups -OCH3 is 1. The second-order valence-electron chi connectivity index (χ2n) is 5.94. The first-order chi connectivity index (χ1) is 13.6. The van der Waals surface area contributed by atoms with Crippen molar-refractivity contribution in [2.75, 3.05) is 7.11 Å². The summed E-state index contributed by atoms with van der Waals surface area (Å²) < 4.78 is 8.82. The average molecular weight is 415 g/mol. The highest BCUT2D eigenvalue weighted by Gasteiger charge is 2.17. The van der Waals surface area contributed by atoms with E-state index in [1.54, 1.807) is 7.11 Å². The Labute approximate surface area is 169 Å². The van der Waals surface area contributed by atoms with Gasteiger partial charge in [0.15, 0.2) is 11.0 Å². The van der Waals surface area contributed by atoms with Crippen LogP contribution in [-0.4, -0.2) is 36.5 Å². The topological polar surface area (TPSA) is 87.2 Å². The van der Waals surface area contributed by atoms with Gasteiger partial charge in [0.25, 0.3) is 5.56 Å². The zero-order valence-corrected chi connectivity index (χ0v) is 17.3. The molecule has 1 aromatic carbocycles. The first-order valence-corrected chi connectivity index (χ1v) is 10.5. The molecular weight excluding hydrogens is 396 g/mol. The van der Waals surface area contributed by atoms with Gasteiger partial charge in [-0.15, -0.1) is 10.2 Å². The molecule has 3 aromatic heterocycles. The van der Waals surface area contributed by atoms with Crippen molar-refractivity contribution in [3.8, 4) is 17.1 Å². The molecule has 0 unspecified atom stereocenters. The Bertz CT molecular complexity index is 1200. The molecule has 0 amide bonds. The highest BCUT2D eigenvalue weighted by Crippen LogP contribution is 2.31. The minimum atomic E-state index is -0.170. The third-order valence-corrected chi connectivity index (χ3v) is 5.95. The summed E-state index contributed by atoms with van der Waals surface area (Å²) in [5.74, 6) is 2.03. The molecule has 0 atom stereocenters. The van der Waals surface area contributed by atoms with Gasteiger partial charge >= 0.3 is 0 Å². The summed E-state index contributed by atoms with van der Waals surface area (Å²) >= 11 is 2.90. The van der Waals surface area contributed by atoms with Crippen LogP contribution in [-0.2, 0) is 12.3 Å². The van der Waals surface area contributed by atoms with E-state index in [-0.39, 0.29) is 5.56 Å². The Balaban J connectivity index is 1.63. The Morgan fingerprint density at radius 1 is 1.25 bits per heavy atom. The van der Waals surface area contributed by atoms with Gasteiger partial charge in [0.2, 0.25) is 4.96 Å². The molecule has 8 nitrogen and oxygen atoms in total. The van der Waals surface area contributed by atoms with Gasteiger partial charge < -0.3 is 9.30 Å². The number of aromatic nitrogens is 6. The fourth-order valence-electron chi connectivity index (χ4n) is 2.87. The van der Waals surface area contributed by atoms with Crippen molar-refractivity contribution in [3.05, 3.63) is 51.4 Å². The van der Waals surface area contributed by atoms with Gasteiger partial charge in [-0.05, 0) is 26.0 Å². The molecule has 0 saturated heterocycles. The molecule has 0 saturated carbocycles. The molecule has 0 aliphatic rings. The van der Waals surface area contributed by atoms with Gasteiger partial charge in [-0.3, -0.25) is 4.79 Å². The summed E-state index contributed by atoms with van der Waals surface area (Å²) in [4.78, 5) is 17.4. The van der Waals surface area contributed by atoms with Crippen molar-refractivity contribution in [3.63, 3.8) is 0 Å². The largest absolute Gasteiger partial charge is 0.496 e. The third kappa shape index (κ3) is 3.40. The molecule has 0 radical (unpaired) electrons. The number of nitrogens with zero attached hydrogens (tertiary/aromatic N) is 6. The second-order valence-corrected chi connectivity index (χ2v) is 8.04. The highest BCUT2D eigenvalue weighted by molar-refractivity contribution is 7.98. The quantitative estimate of drug-likeness (QED) is 0.448. The van der Waals surface area contributed by atoms with E-state index in [1.165, 1.54) is 33.7 Å². The predicted molar refractivity (Wildman–Crippen MR) is 109 cm³/mol. The maximum Gasteiger partial charge on any atom is 0.275 e. The molecule has 144 valence electrons. The number of hydrogen-bond acceptors (Lipinski definition) is 8. The lowest BCUT2D eigenvalue weighted by Crippen LogP contribution is -2.15. The minimum absolute atomic E-state index is 0.170. The Kier molecular flexibility index (Phi) is 5.14. The first-order valence-electron chi connectivity index (χ1n) is 8.66. The van der Waals surface area contributed by atoms with Crippen molar-refractivity contribution in [1.29, 1.82) is 0 Å². The van der Waals surface area contributed by atoms with Gasteiger partial charge in [0.05, 0.1) is 18.4 Å². The summed E-state index contributed by atoms with van der Waals surface area (Å²) in [5.41, 5.74) is 1.42. The van der Waals surface area contributed by atoms with Crippen LogP contribution in [0.2, 0.25) is 0 Å². The molecule has 10 heteroatoms. The van der Waals surface area contributed by atoms with Crippen LogP contribution in [0.15, 0.2) is 40.3 Å². The van der Waals surface area contributed by atoms with Crippen molar-refractivity contribution in [1.82, 2.24) is 29.4 Å². The molecule has 0 fully saturated rings. The lowest BCUT2D eigenvalue weighted by atomic mass is 10.2. The van der Waals surface area contributed by atoms with E-state index < -0.39 is 0 Å². The zero-order chi connectivity index (χ0) is 19.7. The summed E-state index contributed by atoms with van der Waals surface area (Å²) in [6, 6.07) is 9.26. The molecule has 0 N–H and O–H groups in total. The van der Waals surface area contributed by atoms with Gasteiger partial charge in [0, 0.05) is 18.4 Å². The number of ether oxygens (including phenoxy) is 1. The Morgan fingerprint density at radius 3 is 2.86 bits per heavy atom. The predicted octanol–water partition coefficient (Wildman–Crippen LogP) is 3.04. The summed E-state index contributed by atoms with van der Waals surface area (Å²) in [7, 11) is 1.64. The SMILES string of the molecule is CCn1c(SCc2cc(=O)n3nc(C)sc3n2)nnc1-c1ccccc1OC. The van der Waals surface area contributed by atoms with Crippen LogP contribution in [0.1, 0.15) is 17.6 Å². The van der Waals surface area contributed by atoms with E-state index in [9.17, 15) is 4.79 Å². The average Bonchev–Trinajstić information content (AvgIpc) is 3.28. The van der Waals surface area contributed by atoms with E-state index in [0.717, 1.165) is 27.3 Å². The zero-order valence-electron chi connectivity index (χ0n) is 15.6. The van der Waals surface area contributed by atoms with Gasteiger partial charge in [-0.2, -0.15) is 9.61 Å². The van der Waals surface area contributed by atoms with Gasteiger partial charge in [-0.25, -0.2) is 4.98 Å². The molecule has 4 rings (SSSR count). The number of para-hydroxylation sites is 1. The van der Waals surface area contributed by atoms with Crippen molar-refractivity contribution < 1.29 is 4.74 Å². The third-order valence-electron chi connectivity index (χ3n) is 4.13. The lowest BCUT2D eigenvalue weighted by molar-refractivity contribution is 0.416. The van der Waals surface area contributed by atoms with Crippen LogP contribution < -0.4 is 10.3 Å². The van der Waals surface area contributed by atoms with Crippen molar-refractivity contribution >= 4 is 28.1 Å². The van der Waals surface area contributed by atoms with Crippen LogP contribution in [0, 0.1) is 6.92 Å². The molecular formula is C18H18N6O2S2. The number of fused-ring (bicyclic) bond motifs is 1. The molecule has 3 heterocycles. The van der Waals surface area contributed by atoms with Crippen LogP contribution in [0.4, 0.5) is 0 Å². The normalized spacial score (nSPS) is 11.2. The molecule has 0 spiro atoms. The Morgan fingerprint density at radius 2 is 2.07 bits per heavy atom. The molecule has 0 aliphatic heterocycles. The first kappa shape index (κ1) is 18.6. The smallest absolute Gasteiger partial charge is 0.275 e. The van der Waals surface area contributed by atoms with Crippen LogP contribution in [0.3, 0.4) is 0 Å². The number of hydrogen-bond donors (Lipinski definition) is 0. The van der Waals surface area contributed by atoms with E-state index in [4.69, 9.17) is 4.74 Å². The highest BCUT2D eigenvalue weighted by atomic mass is 32.2. The number of aryl methyl sites for hydroxylation is 1. The maximum absolute atomic E-state index is 12.2. The number of thioether (sulfide) groups is 1. The van der Waals surface area contributed by atoms with Crippen molar-refractivity contribution in [2.24, 2.45) is 0 Å². The summed E-state index contributed by atoms with van der Waals surface area (Å²) in [5, 5.41) is 14.5. The lowest BCUT2D eigenvalue weighted by Gasteiger charge is -2.10. The van der Waals surface area contributed by atoms with E-state index in [0.29, 0.717) is 23.0 Å².